The molecule has 0 unspecified atom stereocenters. The fourth-order valence-corrected chi connectivity index (χ4v) is 9.70. The lowest BCUT2D eigenvalue weighted by Crippen LogP contribution is -2.78. The van der Waals surface area contributed by atoms with E-state index in [9.17, 15) is 44.0 Å². The summed E-state index contributed by atoms with van der Waals surface area (Å²) in [5.41, 5.74) is 2.24. The second kappa shape index (κ2) is 15.3. The minimum Gasteiger partial charge on any atom is -0.386 e. The van der Waals surface area contributed by atoms with Crippen molar-refractivity contribution in [2.45, 2.75) is 48.0 Å². The first-order valence-corrected chi connectivity index (χ1v) is 22.4. The number of nitrogens with one attached hydrogen (secondary N) is 3. The number of alkyl halides is 4. The number of carbonyl (C=O) groups is 1. The van der Waals surface area contributed by atoms with E-state index in [1.165, 1.54) is 24.6 Å². The molecule has 7 rings (SSSR count). The van der Waals surface area contributed by atoms with E-state index in [1.807, 2.05) is 0 Å². The molecule has 25 heteroatoms. The molecule has 0 spiro atoms. The normalized spacial score (nSPS) is 17.7. The van der Waals surface area contributed by atoms with Crippen LogP contribution in [0.5, 0.6) is 0 Å². The number of nitrogen functional groups attached to an aromatic ring is 1. The maximum absolute atomic E-state index is 15.4. The predicted octanol–water partition coefficient (Wildman–Crippen LogP) is 2.92. The van der Waals surface area contributed by atoms with Crippen LogP contribution in [0.4, 0.5) is 32.0 Å². The zero-order valence-corrected chi connectivity index (χ0v) is 34.3. The van der Waals surface area contributed by atoms with Crippen molar-refractivity contribution in [3.8, 4) is 17.1 Å². The molecule has 5 aromatic rings. The molecule has 2 aliphatic rings. The fourth-order valence-electron chi connectivity index (χ4n) is 7.30. The second-order valence-corrected chi connectivity index (χ2v) is 19.3. The molecule has 0 bridgehead atoms. The van der Waals surface area contributed by atoms with Crippen LogP contribution >= 0.6 is 22.9 Å². The van der Waals surface area contributed by atoms with Crippen molar-refractivity contribution in [3.63, 3.8) is 0 Å². The highest BCUT2D eigenvalue weighted by molar-refractivity contribution is 7.92. The highest BCUT2D eigenvalue weighted by atomic mass is 35.5. The quantitative estimate of drug-likeness (QED) is 0.0766. The van der Waals surface area contributed by atoms with Crippen LogP contribution in [0.15, 0.2) is 50.9 Å². The molecule has 5 N–H and O–H groups in total. The number of nitrogens with zero attached hydrogens (tertiary/aromatic N) is 5. The van der Waals surface area contributed by atoms with Crippen LogP contribution in [0.3, 0.4) is 0 Å². The Morgan fingerprint density at radius 3 is 2.37 bits per heavy atom. The van der Waals surface area contributed by atoms with Crippen LogP contribution in [-0.4, -0.2) is 72.5 Å². The van der Waals surface area contributed by atoms with Crippen LogP contribution < -0.4 is 26.3 Å². The van der Waals surface area contributed by atoms with Crippen molar-refractivity contribution >= 4 is 60.2 Å². The molecule has 3 aromatic heterocycles. The first-order valence-electron chi connectivity index (χ1n) is 17.4. The van der Waals surface area contributed by atoms with Gasteiger partial charge in [-0.25, -0.2) is 35.9 Å². The number of rotatable bonds is 13. The lowest BCUT2D eigenvalue weighted by molar-refractivity contribution is -0.266. The standard InChI is InChI=1S/C35H30ClF6N9O6S3/c1-44-28-23(5-4-19(36)27(28)32(43)49-60(3,56)57)51-25(53)11-20(22-13-58-34(47-22)59(2,54)55)46-33(51)21(8-14-6-15(37)9-16(38)7-14)45-24(52)12-50-30-26(29(48-50)31(39)40)17-10-18(17)35(30,41)42/h4-7,9,11,13,17-18,21,31,44H,8,10,12H2,1-3H3,(H2,43,49)(H,45,52)/p+1/t17-,18+,21-/m0/s1. The molecule has 0 aliphatic heterocycles. The predicted molar refractivity (Wildman–Crippen MR) is 206 cm³/mol. The molecule has 60 heavy (non-hydrogen) atoms. The zero-order chi connectivity index (χ0) is 43.8. The molecule has 0 saturated heterocycles. The molecule has 1 saturated carbocycles. The Hall–Kier alpha value is -5.33. The summed E-state index contributed by atoms with van der Waals surface area (Å²) < 4.78 is 140. The molecule has 2 aliphatic carbocycles. The fraction of sp³-hybridized carbons (Fsp3) is 0.314. The molecule has 3 heterocycles. The van der Waals surface area contributed by atoms with Gasteiger partial charge in [-0.2, -0.15) is 26.7 Å². The molecule has 2 aromatic carbocycles. The number of thiazole rings is 1. The Kier molecular flexibility index (Phi) is 10.9. The Labute approximate surface area is 345 Å². The zero-order valence-electron chi connectivity index (χ0n) is 31.1. The van der Waals surface area contributed by atoms with Crippen LogP contribution in [0.25, 0.3) is 17.1 Å². The summed E-state index contributed by atoms with van der Waals surface area (Å²) in [6, 6.07) is 4.21. The SMILES string of the molecule is CNc1c(-n2c([C@H](Cc3cc(F)cc(F)c3)NC(=O)Cn3nc(C(F)F)c4c3C(F)(F)[C@@H]3C[C@H]43)nc(-c3csc(S(C)(=O)=O)n3)cc2=O)ccc(Cl)c1C(N)=[NH+]S(C)(=O)=O. The minimum atomic E-state index is -3.99. The highest BCUT2D eigenvalue weighted by Gasteiger charge is 2.67. The number of sulfonamides is 1. The van der Waals surface area contributed by atoms with E-state index in [-0.39, 0.29) is 55.2 Å². The van der Waals surface area contributed by atoms with Crippen molar-refractivity contribution in [1.29, 1.82) is 0 Å². The summed E-state index contributed by atoms with van der Waals surface area (Å²) >= 11 is 7.18. The maximum Gasteiger partial charge on any atom is 0.295 e. The summed E-state index contributed by atoms with van der Waals surface area (Å²) in [5, 5.41) is 10.2. The number of benzene rings is 2. The van der Waals surface area contributed by atoms with E-state index in [0.717, 1.165) is 35.3 Å². The van der Waals surface area contributed by atoms with Crippen LogP contribution in [0.1, 0.15) is 58.7 Å². The highest BCUT2D eigenvalue weighted by Crippen LogP contribution is 2.68. The number of fused-ring (bicyclic) bond motifs is 3. The van der Waals surface area contributed by atoms with Crippen LogP contribution in [0, 0.1) is 17.6 Å². The van der Waals surface area contributed by atoms with Gasteiger partial charge in [0.1, 0.15) is 46.6 Å². The first-order chi connectivity index (χ1) is 28.0. The molecule has 3 atom stereocenters. The first kappa shape index (κ1) is 42.8. The number of hydrogen-bond donors (Lipinski definition) is 4. The number of carbonyl (C=O) groups excluding carboxylic acids is 1. The third-order valence-electron chi connectivity index (χ3n) is 9.66. The average Bonchev–Trinajstić information content (AvgIpc) is 3.48. The minimum absolute atomic E-state index is 0.0389. The summed E-state index contributed by atoms with van der Waals surface area (Å²) in [6.07, 6.45) is -2.14. The van der Waals surface area contributed by atoms with Crippen molar-refractivity contribution in [3.05, 3.63) is 103 Å². The van der Waals surface area contributed by atoms with E-state index in [2.05, 4.69) is 30.1 Å². The Bertz CT molecular complexity index is 2900. The van der Waals surface area contributed by atoms with Gasteiger partial charge >= 0.3 is 0 Å². The Balaban J connectivity index is 1.44. The van der Waals surface area contributed by atoms with Crippen LogP contribution in [0.2, 0.25) is 5.02 Å². The van der Waals surface area contributed by atoms with E-state index in [0.29, 0.717) is 22.1 Å². The summed E-state index contributed by atoms with van der Waals surface area (Å²) in [6.45, 7) is -1.05. The van der Waals surface area contributed by atoms with Crippen molar-refractivity contribution in [1.82, 2.24) is 29.6 Å². The lowest BCUT2D eigenvalue weighted by Gasteiger charge is -2.25. The van der Waals surface area contributed by atoms with E-state index in [1.54, 1.807) is 0 Å². The van der Waals surface area contributed by atoms with Crippen LogP contribution in [-0.2, 0) is 43.5 Å². The molecular formula is C35H31ClF6N9O6S3+. The smallest absolute Gasteiger partial charge is 0.295 e. The average molecular weight is 919 g/mol. The van der Waals surface area contributed by atoms with Crippen molar-refractivity contribution in [2.75, 3.05) is 24.9 Å². The number of amides is 1. The third kappa shape index (κ3) is 8.11. The Morgan fingerprint density at radius 2 is 1.77 bits per heavy atom. The molecule has 1 amide bonds. The third-order valence-corrected chi connectivity index (χ3v) is 13.1. The number of sulfone groups is 1. The molecular weight excluding hydrogens is 888 g/mol. The number of hydrogen-bond acceptors (Lipinski definition) is 11. The van der Waals surface area contributed by atoms with Gasteiger partial charge in [0, 0.05) is 48.7 Å². The maximum atomic E-state index is 15.4. The number of anilines is 1. The number of amidine groups is 1. The monoisotopic (exact) mass is 918 g/mol. The van der Waals surface area contributed by atoms with Crippen molar-refractivity contribution in [2.24, 2.45) is 11.7 Å². The summed E-state index contributed by atoms with van der Waals surface area (Å²) in [5.74, 6) is -9.85. The number of aromatic nitrogens is 5. The van der Waals surface area contributed by atoms with Gasteiger partial charge < -0.3 is 10.6 Å². The summed E-state index contributed by atoms with van der Waals surface area (Å²) in [4.78, 5) is 37.1. The van der Waals surface area contributed by atoms with Gasteiger partial charge in [-0.15, -0.1) is 11.3 Å². The van der Waals surface area contributed by atoms with E-state index < -0.39 is 109 Å². The van der Waals surface area contributed by atoms with Gasteiger partial charge in [0.25, 0.3) is 33.8 Å². The molecule has 1 fully saturated rings. The van der Waals surface area contributed by atoms with E-state index >= 15 is 8.78 Å². The lowest BCUT2D eigenvalue weighted by atomic mass is 10.0. The van der Waals surface area contributed by atoms with Gasteiger partial charge in [-0.05, 0) is 42.2 Å². The summed E-state index contributed by atoms with van der Waals surface area (Å²) in [7, 11) is -6.48. The van der Waals surface area contributed by atoms with Gasteiger partial charge in [0.15, 0.2) is 0 Å². The Morgan fingerprint density at radius 1 is 1.08 bits per heavy atom. The van der Waals surface area contributed by atoms with Gasteiger partial charge in [0.2, 0.25) is 20.1 Å². The molecule has 0 radical (unpaired) electrons. The second-order valence-electron chi connectivity index (χ2n) is 14.1. The van der Waals surface area contributed by atoms with Gasteiger partial charge in [-0.1, -0.05) is 11.6 Å². The van der Waals surface area contributed by atoms with E-state index in [4.69, 9.17) is 17.3 Å². The molecule has 318 valence electrons. The topological polar surface area (TPSA) is 215 Å². The van der Waals surface area contributed by atoms with Gasteiger partial charge in [-0.3, -0.25) is 24.6 Å². The molecule has 15 nitrogen and oxygen atoms in total. The number of nitrogens with two attached hydrogens (primary N) is 1. The largest absolute Gasteiger partial charge is 0.386 e. The van der Waals surface area contributed by atoms with Crippen molar-refractivity contribution < 1.29 is 52.4 Å². The number of halogens is 7. The van der Waals surface area contributed by atoms with Gasteiger partial charge in [0.05, 0.1) is 34.4 Å².